The van der Waals surface area contributed by atoms with Gasteiger partial charge in [0.05, 0.1) is 6.54 Å². The van der Waals surface area contributed by atoms with Gasteiger partial charge in [-0.05, 0) is 24.6 Å². The summed E-state index contributed by atoms with van der Waals surface area (Å²) in [4.78, 5) is 26.2. The maximum Gasteiger partial charge on any atom is 0.320 e. The third kappa shape index (κ3) is 3.33. The molecule has 1 saturated heterocycles. The van der Waals surface area contributed by atoms with Crippen molar-refractivity contribution < 1.29 is 19.1 Å². The number of aliphatic carboxylic acids is 1. The van der Waals surface area contributed by atoms with E-state index in [4.69, 9.17) is 5.11 Å². The lowest BCUT2D eigenvalue weighted by atomic mass is 10.1. The number of amides is 1. The highest BCUT2D eigenvalue weighted by Gasteiger charge is 2.29. The van der Waals surface area contributed by atoms with Gasteiger partial charge >= 0.3 is 5.97 Å². The second-order valence-corrected chi connectivity index (χ2v) is 4.93. The van der Waals surface area contributed by atoms with Crippen LogP contribution < -0.4 is 0 Å². The predicted molar refractivity (Wildman–Crippen MR) is 70.5 cm³/mol. The molecule has 1 atom stereocenters. The first-order valence-electron chi connectivity index (χ1n) is 6.46. The van der Waals surface area contributed by atoms with Crippen LogP contribution in [0.3, 0.4) is 0 Å². The molecular formula is C14H17FN2O3. The molecule has 0 aliphatic carbocycles. The summed E-state index contributed by atoms with van der Waals surface area (Å²) in [6.07, 6.45) is 0. The lowest BCUT2D eigenvalue weighted by Gasteiger charge is -2.36. The van der Waals surface area contributed by atoms with Crippen LogP contribution in [0.5, 0.6) is 0 Å². The van der Waals surface area contributed by atoms with Gasteiger partial charge in [0.1, 0.15) is 11.9 Å². The fourth-order valence-electron chi connectivity index (χ4n) is 2.24. The average molecular weight is 280 g/mol. The largest absolute Gasteiger partial charge is 0.480 e. The summed E-state index contributed by atoms with van der Waals surface area (Å²) < 4.78 is 13.1. The van der Waals surface area contributed by atoms with Crippen molar-refractivity contribution in [3.63, 3.8) is 0 Å². The minimum Gasteiger partial charge on any atom is -0.480 e. The Morgan fingerprint density at radius 1 is 1.45 bits per heavy atom. The van der Waals surface area contributed by atoms with Crippen molar-refractivity contribution in [2.24, 2.45) is 0 Å². The summed E-state index contributed by atoms with van der Waals surface area (Å²) >= 11 is 0. The van der Waals surface area contributed by atoms with E-state index in [9.17, 15) is 14.0 Å². The molecule has 1 aliphatic rings. The summed E-state index contributed by atoms with van der Waals surface area (Å²) in [5.41, 5.74) is 0.734. The van der Waals surface area contributed by atoms with Crippen LogP contribution in [0.4, 0.5) is 4.39 Å². The molecule has 0 aromatic heterocycles. The topological polar surface area (TPSA) is 60.9 Å². The van der Waals surface area contributed by atoms with E-state index >= 15 is 0 Å². The molecule has 1 aliphatic heterocycles. The molecule has 6 heteroatoms. The van der Waals surface area contributed by atoms with Gasteiger partial charge in [-0.1, -0.05) is 12.1 Å². The monoisotopic (exact) mass is 280 g/mol. The summed E-state index contributed by atoms with van der Waals surface area (Å²) in [6.45, 7) is 2.97. The Morgan fingerprint density at radius 2 is 2.20 bits per heavy atom. The highest BCUT2D eigenvalue weighted by atomic mass is 19.1. The van der Waals surface area contributed by atoms with E-state index in [1.165, 1.54) is 12.1 Å². The number of carboxylic acids is 1. The molecule has 0 bridgehead atoms. The number of carbonyl (C=O) groups is 2. The van der Waals surface area contributed by atoms with Crippen molar-refractivity contribution in [2.45, 2.75) is 19.5 Å². The van der Waals surface area contributed by atoms with Crippen LogP contribution in [0.25, 0.3) is 0 Å². The third-order valence-corrected chi connectivity index (χ3v) is 3.52. The van der Waals surface area contributed by atoms with Gasteiger partial charge in [0, 0.05) is 19.6 Å². The molecule has 1 N–H and O–H groups in total. The number of hydrogen-bond donors (Lipinski definition) is 1. The molecule has 0 saturated carbocycles. The first-order valence-corrected chi connectivity index (χ1v) is 6.46. The fourth-order valence-corrected chi connectivity index (χ4v) is 2.24. The van der Waals surface area contributed by atoms with Crippen molar-refractivity contribution in [1.82, 2.24) is 9.80 Å². The van der Waals surface area contributed by atoms with Crippen LogP contribution in [0.15, 0.2) is 24.3 Å². The van der Waals surface area contributed by atoms with Crippen LogP contribution in [0.1, 0.15) is 12.5 Å². The standard InChI is InChI=1S/C14H17FN2O3/c1-10(14(19)20)16-5-6-17(13(18)9-16)8-11-3-2-4-12(15)7-11/h2-4,7,10H,5-6,8-9H2,1H3,(H,19,20). The van der Waals surface area contributed by atoms with E-state index in [0.29, 0.717) is 19.6 Å². The number of nitrogens with zero attached hydrogens (tertiary/aromatic N) is 2. The zero-order valence-electron chi connectivity index (χ0n) is 11.3. The highest BCUT2D eigenvalue weighted by molar-refractivity contribution is 5.80. The van der Waals surface area contributed by atoms with Crippen molar-refractivity contribution >= 4 is 11.9 Å². The Hall–Kier alpha value is -1.95. The molecule has 1 unspecified atom stereocenters. The Kier molecular flexibility index (Phi) is 4.34. The molecule has 2 rings (SSSR count). The predicted octanol–water partition coefficient (Wildman–Crippen LogP) is 0.943. The number of carboxylic acid groups (broad SMARTS) is 1. The van der Waals surface area contributed by atoms with Gasteiger partial charge in [-0.25, -0.2) is 4.39 Å². The molecule has 5 nitrogen and oxygen atoms in total. The Labute approximate surface area is 116 Å². The fraction of sp³-hybridized carbons (Fsp3) is 0.429. The van der Waals surface area contributed by atoms with Crippen molar-refractivity contribution in [1.29, 1.82) is 0 Å². The molecule has 1 heterocycles. The quantitative estimate of drug-likeness (QED) is 0.892. The summed E-state index contributed by atoms with van der Waals surface area (Å²) in [5.74, 6) is -1.39. The molecule has 1 aromatic rings. The van der Waals surface area contributed by atoms with Crippen LogP contribution in [-0.2, 0) is 16.1 Å². The first kappa shape index (κ1) is 14.5. The lowest BCUT2D eigenvalue weighted by Crippen LogP contribution is -2.54. The second kappa shape index (κ2) is 6.00. The molecule has 0 spiro atoms. The Balaban J connectivity index is 1.97. The number of benzene rings is 1. The maximum atomic E-state index is 13.1. The Bertz CT molecular complexity index is 521. The highest BCUT2D eigenvalue weighted by Crippen LogP contribution is 2.12. The molecule has 1 aromatic carbocycles. The molecule has 1 fully saturated rings. The minimum absolute atomic E-state index is 0.0861. The van der Waals surface area contributed by atoms with Crippen LogP contribution in [-0.4, -0.2) is 52.5 Å². The SMILES string of the molecule is CC(C(=O)O)N1CCN(Cc2cccc(F)c2)C(=O)C1. The number of rotatable bonds is 4. The number of halogens is 1. The van der Waals surface area contributed by atoms with Crippen LogP contribution in [0, 0.1) is 5.82 Å². The van der Waals surface area contributed by atoms with Gasteiger partial charge in [-0.15, -0.1) is 0 Å². The van der Waals surface area contributed by atoms with Gasteiger partial charge in [0.15, 0.2) is 0 Å². The summed E-state index contributed by atoms with van der Waals surface area (Å²) in [6, 6.07) is 5.47. The van der Waals surface area contributed by atoms with E-state index in [-0.39, 0.29) is 18.3 Å². The van der Waals surface area contributed by atoms with Gasteiger partial charge in [0.2, 0.25) is 5.91 Å². The van der Waals surface area contributed by atoms with Crippen molar-refractivity contribution in [3.05, 3.63) is 35.6 Å². The van der Waals surface area contributed by atoms with Crippen molar-refractivity contribution in [2.75, 3.05) is 19.6 Å². The molecule has 20 heavy (non-hydrogen) atoms. The normalized spacial score (nSPS) is 18.1. The van der Waals surface area contributed by atoms with Crippen LogP contribution >= 0.6 is 0 Å². The van der Waals surface area contributed by atoms with Crippen molar-refractivity contribution in [3.8, 4) is 0 Å². The number of piperazine rings is 1. The van der Waals surface area contributed by atoms with Gasteiger partial charge < -0.3 is 10.0 Å². The molecule has 108 valence electrons. The number of hydrogen-bond acceptors (Lipinski definition) is 3. The van der Waals surface area contributed by atoms with E-state index in [1.54, 1.807) is 28.9 Å². The van der Waals surface area contributed by atoms with E-state index in [0.717, 1.165) is 5.56 Å². The van der Waals surface area contributed by atoms with Gasteiger partial charge in [-0.2, -0.15) is 0 Å². The zero-order valence-corrected chi connectivity index (χ0v) is 11.3. The van der Waals surface area contributed by atoms with Crippen LogP contribution in [0.2, 0.25) is 0 Å². The van der Waals surface area contributed by atoms with E-state index < -0.39 is 12.0 Å². The van der Waals surface area contributed by atoms with E-state index in [2.05, 4.69) is 0 Å². The molecular weight excluding hydrogens is 263 g/mol. The smallest absolute Gasteiger partial charge is 0.320 e. The van der Waals surface area contributed by atoms with E-state index in [1.807, 2.05) is 0 Å². The number of carbonyl (C=O) groups excluding carboxylic acids is 1. The summed E-state index contributed by atoms with van der Waals surface area (Å²) in [5, 5.41) is 8.94. The molecule has 1 amide bonds. The molecule has 0 radical (unpaired) electrons. The first-order chi connectivity index (χ1) is 9.47. The third-order valence-electron chi connectivity index (χ3n) is 3.52. The van der Waals surface area contributed by atoms with Gasteiger partial charge in [-0.3, -0.25) is 14.5 Å². The zero-order chi connectivity index (χ0) is 14.7. The second-order valence-electron chi connectivity index (χ2n) is 4.93. The average Bonchev–Trinajstić information content (AvgIpc) is 2.40. The maximum absolute atomic E-state index is 13.1. The summed E-state index contributed by atoms with van der Waals surface area (Å²) in [7, 11) is 0. The lowest BCUT2D eigenvalue weighted by molar-refractivity contribution is -0.147. The minimum atomic E-state index is -0.934. The Morgan fingerprint density at radius 3 is 2.80 bits per heavy atom. The van der Waals surface area contributed by atoms with Gasteiger partial charge in [0.25, 0.3) is 0 Å².